The fourth-order valence-corrected chi connectivity index (χ4v) is 3.91. The highest BCUT2D eigenvalue weighted by molar-refractivity contribution is 5.33. The van der Waals surface area contributed by atoms with Crippen molar-refractivity contribution in [1.29, 1.82) is 0 Å². The van der Waals surface area contributed by atoms with E-state index in [2.05, 4.69) is 66.1 Å². The van der Waals surface area contributed by atoms with Gasteiger partial charge in [-0.3, -0.25) is 14.8 Å². The molecule has 152 valence electrons. The van der Waals surface area contributed by atoms with Crippen molar-refractivity contribution in [2.45, 2.75) is 25.3 Å². The van der Waals surface area contributed by atoms with Gasteiger partial charge < -0.3 is 0 Å². The van der Waals surface area contributed by atoms with Crippen LogP contribution < -0.4 is 0 Å². The Hall–Kier alpha value is -2.83. The van der Waals surface area contributed by atoms with Gasteiger partial charge in [-0.15, -0.1) is 0 Å². The summed E-state index contributed by atoms with van der Waals surface area (Å²) in [4.78, 5) is 14.7. The van der Waals surface area contributed by atoms with E-state index in [1.165, 1.54) is 16.7 Å². The standard InChI is InChI=1S/C20H27N9/c1-16-10-19(12-23-11-16)18-4-2-17(3-5-18)15-28-6-8-29(9-7-28)20(13-24-26-21)14-25-27-22/h2-4,10-12,18,20H,5-9,13-15H2,1H3. The van der Waals surface area contributed by atoms with Gasteiger partial charge in [-0.05, 0) is 41.1 Å². The largest absolute Gasteiger partial charge is 0.298 e. The predicted molar refractivity (Wildman–Crippen MR) is 113 cm³/mol. The van der Waals surface area contributed by atoms with Gasteiger partial charge in [-0.2, -0.15) is 0 Å². The number of allylic oxidation sites excluding steroid dienone is 2. The topological polar surface area (TPSA) is 117 Å². The maximum atomic E-state index is 8.58. The Kier molecular flexibility index (Phi) is 7.67. The van der Waals surface area contributed by atoms with E-state index in [0.717, 1.165) is 39.1 Å². The maximum Gasteiger partial charge on any atom is 0.0415 e. The van der Waals surface area contributed by atoms with E-state index >= 15 is 0 Å². The van der Waals surface area contributed by atoms with Gasteiger partial charge in [0.15, 0.2) is 0 Å². The van der Waals surface area contributed by atoms with Gasteiger partial charge in [0, 0.05) is 80.0 Å². The molecular formula is C20H27N9. The number of hydrogen-bond acceptors (Lipinski definition) is 5. The van der Waals surface area contributed by atoms with Crippen LogP contribution >= 0.6 is 0 Å². The first-order chi connectivity index (χ1) is 14.2. The van der Waals surface area contributed by atoms with Crippen LogP contribution in [0.25, 0.3) is 20.9 Å². The molecule has 9 nitrogen and oxygen atoms in total. The zero-order valence-corrected chi connectivity index (χ0v) is 16.8. The molecule has 9 heteroatoms. The van der Waals surface area contributed by atoms with Gasteiger partial charge >= 0.3 is 0 Å². The second-order valence-electron chi connectivity index (χ2n) is 7.57. The van der Waals surface area contributed by atoms with Crippen molar-refractivity contribution < 1.29 is 0 Å². The molecule has 0 N–H and O–H groups in total. The van der Waals surface area contributed by atoms with Crippen LogP contribution in [0.5, 0.6) is 0 Å². The van der Waals surface area contributed by atoms with Crippen molar-refractivity contribution in [3.63, 3.8) is 0 Å². The third kappa shape index (κ3) is 6.07. The van der Waals surface area contributed by atoms with Gasteiger partial charge in [0.25, 0.3) is 0 Å². The molecule has 0 radical (unpaired) electrons. The first kappa shape index (κ1) is 20.9. The summed E-state index contributed by atoms with van der Waals surface area (Å²) in [6.07, 6.45) is 11.7. The summed E-state index contributed by atoms with van der Waals surface area (Å²) in [5.41, 5.74) is 21.0. The molecular weight excluding hydrogens is 366 g/mol. The maximum absolute atomic E-state index is 8.58. The number of rotatable bonds is 8. The highest BCUT2D eigenvalue weighted by Gasteiger charge is 2.23. The smallest absolute Gasteiger partial charge is 0.0415 e. The van der Waals surface area contributed by atoms with Gasteiger partial charge in [-0.1, -0.05) is 34.5 Å². The molecule has 0 spiro atoms. The Morgan fingerprint density at radius 3 is 2.45 bits per heavy atom. The summed E-state index contributed by atoms with van der Waals surface area (Å²) in [5, 5.41) is 7.34. The molecule has 1 saturated heterocycles. The normalized spacial score (nSPS) is 21.0. The van der Waals surface area contributed by atoms with Crippen LogP contribution in [0.2, 0.25) is 0 Å². The van der Waals surface area contributed by atoms with Crippen LogP contribution in [0.1, 0.15) is 23.5 Å². The molecule has 1 unspecified atom stereocenters. The summed E-state index contributed by atoms with van der Waals surface area (Å²) in [7, 11) is 0. The number of aryl methyl sites for hydroxylation is 1. The Labute approximate surface area is 171 Å². The van der Waals surface area contributed by atoms with Crippen LogP contribution in [-0.4, -0.2) is 66.6 Å². The lowest BCUT2D eigenvalue weighted by Crippen LogP contribution is -2.52. The zero-order chi connectivity index (χ0) is 20.5. The molecule has 1 fully saturated rings. The Balaban J connectivity index is 1.49. The molecule has 1 aliphatic heterocycles. The van der Waals surface area contributed by atoms with Gasteiger partial charge in [0.2, 0.25) is 0 Å². The molecule has 1 aromatic rings. The molecule has 1 atom stereocenters. The lowest BCUT2D eigenvalue weighted by molar-refractivity contribution is 0.108. The van der Waals surface area contributed by atoms with E-state index < -0.39 is 0 Å². The van der Waals surface area contributed by atoms with E-state index in [1.54, 1.807) is 0 Å². The lowest BCUT2D eigenvalue weighted by Gasteiger charge is -2.38. The molecule has 2 heterocycles. The second-order valence-corrected chi connectivity index (χ2v) is 7.57. The van der Waals surface area contributed by atoms with Crippen LogP contribution in [-0.2, 0) is 0 Å². The summed E-state index contributed by atoms with van der Waals surface area (Å²) >= 11 is 0. The monoisotopic (exact) mass is 393 g/mol. The molecule has 2 aliphatic rings. The molecule has 0 saturated carbocycles. The predicted octanol–water partition coefficient (Wildman–Crippen LogP) is 3.97. The fraction of sp³-hybridized carbons (Fsp3) is 0.550. The molecule has 1 aliphatic carbocycles. The minimum atomic E-state index is -0.0264. The number of azide groups is 2. The molecule has 29 heavy (non-hydrogen) atoms. The van der Waals surface area contributed by atoms with Gasteiger partial charge in [0.1, 0.15) is 0 Å². The lowest BCUT2D eigenvalue weighted by atomic mass is 9.90. The minimum Gasteiger partial charge on any atom is -0.298 e. The Bertz CT molecular complexity index is 821. The fourth-order valence-electron chi connectivity index (χ4n) is 3.91. The SMILES string of the molecule is Cc1cncc(C2C=CC(CN3CCN(C(CN=[N+]=[N-])CN=[N+]=[N-])CC3)=CC2)c1. The Morgan fingerprint density at radius 2 is 1.86 bits per heavy atom. The number of hydrogen-bond donors (Lipinski definition) is 0. The molecule has 0 amide bonds. The second kappa shape index (κ2) is 10.6. The van der Waals surface area contributed by atoms with Crippen molar-refractivity contribution in [3.8, 4) is 0 Å². The molecule has 1 aromatic heterocycles. The number of pyridine rings is 1. The van der Waals surface area contributed by atoms with E-state index in [-0.39, 0.29) is 6.04 Å². The number of nitrogens with zero attached hydrogens (tertiary/aromatic N) is 9. The first-order valence-corrected chi connectivity index (χ1v) is 9.96. The van der Waals surface area contributed by atoms with Gasteiger partial charge in [-0.25, -0.2) is 0 Å². The Morgan fingerprint density at radius 1 is 1.14 bits per heavy atom. The van der Waals surface area contributed by atoms with E-state index in [9.17, 15) is 0 Å². The van der Waals surface area contributed by atoms with Crippen molar-refractivity contribution >= 4 is 0 Å². The summed E-state index contributed by atoms with van der Waals surface area (Å²) in [5.74, 6) is 0.408. The molecule has 0 aromatic carbocycles. The van der Waals surface area contributed by atoms with Crippen LogP contribution in [0.3, 0.4) is 0 Å². The highest BCUT2D eigenvalue weighted by Crippen LogP contribution is 2.27. The van der Waals surface area contributed by atoms with Crippen LogP contribution in [0.15, 0.2) is 52.5 Å². The molecule has 0 bridgehead atoms. The van der Waals surface area contributed by atoms with Crippen molar-refractivity contribution in [2.24, 2.45) is 10.2 Å². The van der Waals surface area contributed by atoms with Crippen LogP contribution in [0, 0.1) is 6.92 Å². The highest BCUT2D eigenvalue weighted by atomic mass is 15.3. The van der Waals surface area contributed by atoms with Crippen molar-refractivity contribution in [1.82, 2.24) is 14.8 Å². The van der Waals surface area contributed by atoms with Crippen molar-refractivity contribution in [2.75, 3.05) is 45.8 Å². The van der Waals surface area contributed by atoms with Gasteiger partial charge in [0.05, 0.1) is 0 Å². The average molecular weight is 393 g/mol. The van der Waals surface area contributed by atoms with E-state index in [0.29, 0.717) is 19.0 Å². The zero-order valence-electron chi connectivity index (χ0n) is 16.8. The number of piperazine rings is 1. The minimum absolute atomic E-state index is 0.0264. The molecule has 3 rings (SSSR count). The average Bonchev–Trinajstić information content (AvgIpc) is 2.75. The van der Waals surface area contributed by atoms with Crippen LogP contribution in [0.4, 0.5) is 0 Å². The summed E-state index contributed by atoms with van der Waals surface area (Å²) < 4.78 is 0. The van der Waals surface area contributed by atoms with E-state index in [4.69, 9.17) is 11.1 Å². The first-order valence-electron chi connectivity index (χ1n) is 9.96. The third-order valence-electron chi connectivity index (χ3n) is 5.54. The van der Waals surface area contributed by atoms with E-state index in [1.807, 2.05) is 12.4 Å². The van der Waals surface area contributed by atoms with Crippen molar-refractivity contribution in [3.05, 3.63) is 74.3 Å². The number of aromatic nitrogens is 1. The summed E-state index contributed by atoms with van der Waals surface area (Å²) in [6.45, 7) is 7.33. The quantitative estimate of drug-likeness (QED) is 0.378. The summed E-state index contributed by atoms with van der Waals surface area (Å²) in [6, 6.07) is 2.19. The third-order valence-corrected chi connectivity index (χ3v) is 5.54.